The molecule has 0 saturated carbocycles. The van der Waals surface area contributed by atoms with E-state index in [0.717, 1.165) is 16.7 Å². The SMILES string of the molecule is CC(=O)NC(CC(=O)N=c1ccccn1Cc1ccccc1)c1ccc(C)cc1. The lowest BCUT2D eigenvalue weighted by atomic mass is 10.0. The van der Waals surface area contributed by atoms with Gasteiger partial charge < -0.3 is 9.88 Å². The van der Waals surface area contributed by atoms with Crippen molar-refractivity contribution in [3.05, 3.63) is 101 Å². The summed E-state index contributed by atoms with van der Waals surface area (Å²) in [4.78, 5) is 28.7. The first kappa shape index (κ1) is 20.3. The van der Waals surface area contributed by atoms with E-state index in [1.165, 1.54) is 6.92 Å². The standard InChI is InChI=1S/C24H25N3O2/c1-18-11-13-21(14-12-18)22(25-19(2)28)16-24(29)26-23-10-6-7-15-27(23)17-20-8-4-3-5-9-20/h3-15,22H,16-17H2,1-2H3,(H,25,28). The molecule has 0 fully saturated rings. The maximum atomic E-state index is 12.7. The van der Waals surface area contributed by atoms with Gasteiger partial charge in [0.05, 0.1) is 12.5 Å². The minimum Gasteiger partial charge on any atom is -0.349 e. The number of nitrogens with one attached hydrogen (secondary N) is 1. The summed E-state index contributed by atoms with van der Waals surface area (Å²) >= 11 is 0. The molecule has 1 atom stereocenters. The van der Waals surface area contributed by atoms with E-state index in [1.807, 2.05) is 90.5 Å². The number of benzene rings is 2. The Morgan fingerprint density at radius 1 is 0.966 bits per heavy atom. The molecule has 3 aromatic rings. The molecule has 0 aliphatic carbocycles. The predicted molar refractivity (Wildman–Crippen MR) is 113 cm³/mol. The molecule has 0 saturated heterocycles. The van der Waals surface area contributed by atoms with Crippen molar-refractivity contribution in [2.45, 2.75) is 32.9 Å². The Balaban J connectivity index is 1.83. The minimum atomic E-state index is -0.407. The monoisotopic (exact) mass is 387 g/mol. The third kappa shape index (κ3) is 6.01. The van der Waals surface area contributed by atoms with Gasteiger partial charge in [0.25, 0.3) is 0 Å². The van der Waals surface area contributed by atoms with Crippen molar-refractivity contribution >= 4 is 11.8 Å². The van der Waals surface area contributed by atoms with Gasteiger partial charge in [-0.05, 0) is 30.2 Å². The van der Waals surface area contributed by atoms with E-state index >= 15 is 0 Å². The Morgan fingerprint density at radius 2 is 1.66 bits per heavy atom. The Morgan fingerprint density at radius 3 is 2.34 bits per heavy atom. The lowest BCUT2D eigenvalue weighted by Gasteiger charge is -2.17. The van der Waals surface area contributed by atoms with Crippen LogP contribution >= 0.6 is 0 Å². The number of hydrogen-bond donors (Lipinski definition) is 1. The fraction of sp³-hybridized carbons (Fsp3) is 0.208. The van der Waals surface area contributed by atoms with Crippen molar-refractivity contribution in [3.8, 4) is 0 Å². The molecule has 1 aromatic heterocycles. The largest absolute Gasteiger partial charge is 0.349 e. The molecule has 1 N–H and O–H groups in total. The van der Waals surface area contributed by atoms with Gasteiger partial charge >= 0.3 is 0 Å². The van der Waals surface area contributed by atoms with E-state index in [0.29, 0.717) is 12.0 Å². The number of rotatable bonds is 6. The predicted octanol–water partition coefficient (Wildman–Crippen LogP) is 3.54. The van der Waals surface area contributed by atoms with Crippen LogP contribution in [0.1, 0.15) is 36.1 Å². The Labute approximate surface area is 170 Å². The van der Waals surface area contributed by atoms with Crippen molar-refractivity contribution in [1.82, 2.24) is 9.88 Å². The molecule has 5 nitrogen and oxygen atoms in total. The van der Waals surface area contributed by atoms with Crippen LogP contribution in [0.4, 0.5) is 0 Å². The number of carbonyl (C=O) groups is 2. The number of aromatic nitrogens is 1. The molecule has 1 heterocycles. The highest BCUT2D eigenvalue weighted by Gasteiger charge is 2.16. The molecule has 3 rings (SSSR count). The first-order valence-corrected chi connectivity index (χ1v) is 9.62. The average Bonchev–Trinajstić information content (AvgIpc) is 2.70. The van der Waals surface area contributed by atoms with E-state index in [1.54, 1.807) is 0 Å². The highest BCUT2D eigenvalue weighted by Crippen LogP contribution is 2.18. The van der Waals surface area contributed by atoms with Crippen molar-refractivity contribution in [1.29, 1.82) is 0 Å². The van der Waals surface area contributed by atoms with Crippen LogP contribution in [0.5, 0.6) is 0 Å². The normalized spacial score (nSPS) is 12.4. The quantitative estimate of drug-likeness (QED) is 0.703. The Bertz CT molecular complexity index is 1040. The van der Waals surface area contributed by atoms with Crippen molar-refractivity contribution < 1.29 is 9.59 Å². The first-order chi connectivity index (χ1) is 14.0. The van der Waals surface area contributed by atoms with E-state index in [4.69, 9.17) is 0 Å². The average molecular weight is 387 g/mol. The van der Waals surface area contributed by atoms with Gasteiger partial charge in [0.1, 0.15) is 5.49 Å². The van der Waals surface area contributed by atoms with Crippen LogP contribution in [0.3, 0.4) is 0 Å². The van der Waals surface area contributed by atoms with Gasteiger partial charge in [0.15, 0.2) is 0 Å². The number of aryl methyl sites for hydroxylation is 1. The van der Waals surface area contributed by atoms with Crippen molar-refractivity contribution in [3.63, 3.8) is 0 Å². The molecular formula is C24H25N3O2. The molecule has 0 radical (unpaired) electrons. The van der Waals surface area contributed by atoms with Gasteiger partial charge in [-0.1, -0.05) is 66.2 Å². The lowest BCUT2D eigenvalue weighted by molar-refractivity contribution is -0.121. The fourth-order valence-corrected chi connectivity index (χ4v) is 3.13. The van der Waals surface area contributed by atoms with Crippen molar-refractivity contribution in [2.75, 3.05) is 0 Å². The van der Waals surface area contributed by atoms with Gasteiger partial charge in [0, 0.05) is 19.7 Å². The van der Waals surface area contributed by atoms with E-state index in [-0.39, 0.29) is 18.2 Å². The number of pyridine rings is 1. The van der Waals surface area contributed by atoms with E-state index in [2.05, 4.69) is 10.3 Å². The maximum Gasteiger partial charge on any atom is 0.250 e. The van der Waals surface area contributed by atoms with Crippen LogP contribution in [-0.2, 0) is 16.1 Å². The van der Waals surface area contributed by atoms with Crippen LogP contribution in [0.15, 0.2) is 84.0 Å². The van der Waals surface area contributed by atoms with Crippen LogP contribution < -0.4 is 10.8 Å². The number of amides is 2. The molecule has 148 valence electrons. The number of hydrogen-bond acceptors (Lipinski definition) is 2. The summed E-state index contributed by atoms with van der Waals surface area (Å²) in [5.74, 6) is -0.459. The zero-order valence-corrected chi connectivity index (χ0v) is 16.7. The van der Waals surface area contributed by atoms with Crippen LogP contribution in [0.25, 0.3) is 0 Å². The second-order valence-corrected chi connectivity index (χ2v) is 7.05. The lowest BCUT2D eigenvalue weighted by Crippen LogP contribution is -2.29. The molecule has 5 heteroatoms. The van der Waals surface area contributed by atoms with E-state index < -0.39 is 6.04 Å². The molecule has 29 heavy (non-hydrogen) atoms. The first-order valence-electron chi connectivity index (χ1n) is 9.62. The third-order valence-electron chi connectivity index (χ3n) is 4.59. The van der Waals surface area contributed by atoms with Gasteiger partial charge in [-0.3, -0.25) is 9.59 Å². The smallest absolute Gasteiger partial charge is 0.250 e. The third-order valence-corrected chi connectivity index (χ3v) is 4.59. The van der Waals surface area contributed by atoms with Crippen LogP contribution in [0, 0.1) is 6.92 Å². The zero-order chi connectivity index (χ0) is 20.6. The second kappa shape index (κ2) is 9.64. The number of carbonyl (C=O) groups excluding carboxylic acids is 2. The molecule has 2 aromatic carbocycles. The van der Waals surface area contributed by atoms with Gasteiger partial charge in [-0.2, -0.15) is 4.99 Å². The molecule has 1 unspecified atom stereocenters. The molecule has 0 spiro atoms. The summed E-state index contributed by atoms with van der Waals surface area (Å²) in [6.45, 7) is 4.08. The fourth-order valence-electron chi connectivity index (χ4n) is 3.13. The van der Waals surface area contributed by atoms with Gasteiger partial charge in [-0.25, -0.2) is 0 Å². The summed E-state index contributed by atoms with van der Waals surface area (Å²) in [6, 6.07) is 23.0. The Hall–Kier alpha value is -3.47. The Kier molecular flexibility index (Phi) is 6.74. The van der Waals surface area contributed by atoms with Crippen molar-refractivity contribution in [2.24, 2.45) is 4.99 Å². The van der Waals surface area contributed by atoms with Gasteiger partial charge in [0.2, 0.25) is 11.8 Å². The maximum absolute atomic E-state index is 12.7. The summed E-state index contributed by atoms with van der Waals surface area (Å²) in [6.07, 6.45) is 2.01. The molecular weight excluding hydrogens is 362 g/mol. The van der Waals surface area contributed by atoms with Gasteiger partial charge in [-0.15, -0.1) is 0 Å². The summed E-state index contributed by atoms with van der Waals surface area (Å²) in [5, 5.41) is 2.86. The topological polar surface area (TPSA) is 63.5 Å². The zero-order valence-electron chi connectivity index (χ0n) is 16.7. The number of nitrogens with zero attached hydrogens (tertiary/aromatic N) is 2. The summed E-state index contributed by atoms with van der Waals surface area (Å²) < 4.78 is 1.94. The summed E-state index contributed by atoms with van der Waals surface area (Å²) in [5.41, 5.74) is 3.73. The van der Waals surface area contributed by atoms with E-state index in [9.17, 15) is 9.59 Å². The van der Waals surface area contributed by atoms with Crippen LogP contribution in [-0.4, -0.2) is 16.4 Å². The molecule has 0 aliphatic heterocycles. The highest BCUT2D eigenvalue weighted by atomic mass is 16.2. The highest BCUT2D eigenvalue weighted by molar-refractivity contribution is 5.79. The molecule has 2 amide bonds. The molecule has 0 aliphatic rings. The second-order valence-electron chi connectivity index (χ2n) is 7.05. The molecule has 0 bridgehead atoms. The minimum absolute atomic E-state index is 0.100. The summed E-state index contributed by atoms with van der Waals surface area (Å²) in [7, 11) is 0. The van der Waals surface area contributed by atoms with Crippen LogP contribution in [0.2, 0.25) is 0 Å².